The van der Waals surface area contributed by atoms with E-state index in [2.05, 4.69) is 20.3 Å². The van der Waals surface area contributed by atoms with E-state index in [4.69, 9.17) is 10.5 Å². The van der Waals surface area contributed by atoms with Crippen molar-refractivity contribution in [1.82, 2.24) is 20.3 Å². The van der Waals surface area contributed by atoms with Gasteiger partial charge in [0.1, 0.15) is 12.1 Å². The number of aromatic amines is 1. The average Bonchev–Trinajstić information content (AvgIpc) is 3.15. The summed E-state index contributed by atoms with van der Waals surface area (Å²) in [5, 5.41) is 4.03. The molecule has 0 saturated heterocycles. The van der Waals surface area contributed by atoms with Crippen LogP contribution in [0.5, 0.6) is 11.6 Å². The molecule has 7 nitrogen and oxygen atoms in total. The van der Waals surface area contributed by atoms with Gasteiger partial charge in [-0.2, -0.15) is 0 Å². The van der Waals surface area contributed by atoms with E-state index in [-0.39, 0.29) is 5.91 Å². The summed E-state index contributed by atoms with van der Waals surface area (Å²) in [6, 6.07) is 18.6. The number of hydrogen-bond acceptors (Lipinski definition) is 5. The van der Waals surface area contributed by atoms with E-state index in [1.54, 1.807) is 30.3 Å². The van der Waals surface area contributed by atoms with Crippen molar-refractivity contribution in [3.05, 3.63) is 83.9 Å². The molecule has 2 aromatic heterocycles. The number of nitrogens with zero attached hydrogens (tertiary/aromatic N) is 2. The fourth-order valence-corrected chi connectivity index (χ4v) is 2.87. The first-order valence-electron chi connectivity index (χ1n) is 8.85. The van der Waals surface area contributed by atoms with Gasteiger partial charge < -0.3 is 20.8 Å². The average molecular weight is 373 g/mol. The third-order valence-electron chi connectivity index (χ3n) is 4.25. The van der Waals surface area contributed by atoms with Gasteiger partial charge in [0.25, 0.3) is 5.91 Å². The Morgan fingerprint density at radius 1 is 1.07 bits per heavy atom. The maximum absolute atomic E-state index is 12.5. The Kier molecular flexibility index (Phi) is 4.99. The van der Waals surface area contributed by atoms with Crippen LogP contribution in [0.25, 0.3) is 10.9 Å². The van der Waals surface area contributed by atoms with E-state index in [1.165, 1.54) is 6.33 Å². The molecule has 0 atom stereocenters. The number of carbonyl (C=O) groups excluding carboxylic acids is 1. The first-order valence-corrected chi connectivity index (χ1v) is 8.85. The third-order valence-corrected chi connectivity index (χ3v) is 4.25. The number of hydrogen-bond donors (Lipinski definition) is 3. The molecule has 2 heterocycles. The van der Waals surface area contributed by atoms with Gasteiger partial charge in [-0.3, -0.25) is 4.79 Å². The van der Waals surface area contributed by atoms with E-state index >= 15 is 0 Å². The molecule has 0 aliphatic heterocycles. The highest BCUT2D eigenvalue weighted by Crippen LogP contribution is 2.21. The summed E-state index contributed by atoms with van der Waals surface area (Å²) < 4.78 is 5.72. The predicted octanol–water partition coefficient (Wildman–Crippen LogP) is 3.14. The van der Waals surface area contributed by atoms with Crippen molar-refractivity contribution < 1.29 is 9.53 Å². The Balaban J connectivity index is 1.43. The van der Waals surface area contributed by atoms with Crippen LogP contribution in [-0.4, -0.2) is 20.9 Å². The maximum atomic E-state index is 12.5. The van der Waals surface area contributed by atoms with Crippen molar-refractivity contribution in [3.8, 4) is 11.6 Å². The molecule has 1 amide bonds. The number of nitrogens with two attached hydrogens (primary N) is 1. The molecule has 0 unspecified atom stereocenters. The van der Waals surface area contributed by atoms with Gasteiger partial charge in [0.05, 0.1) is 12.2 Å². The van der Waals surface area contributed by atoms with Crippen LogP contribution in [0.15, 0.2) is 67.0 Å². The van der Waals surface area contributed by atoms with Crippen LogP contribution in [0.3, 0.4) is 0 Å². The maximum Gasteiger partial charge on any atom is 0.251 e. The second kappa shape index (κ2) is 7.89. The van der Waals surface area contributed by atoms with Crippen molar-refractivity contribution in [2.75, 3.05) is 0 Å². The van der Waals surface area contributed by atoms with E-state index in [1.807, 2.05) is 30.3 Å². The fourth-order valence-electron chi connectivity index (χ4n) is 2.87. The molecule has 7 heteroatoms. The Bertz CT molecular complexity index is 1090. The number of carbonyl (C=O) groups is 1. The molecule has 0 radical (unpaired) electrons. The first kappa shape index (κ1) is 17.7. The predicted molar refractivity (Wildman–Crippen MR) is 106 cm³/mol. The number of nitrogens with one attached hydrogen (secondary N) is 2. The SMILES string of the molecule is NCc1cc(Oc2cccc(C(=O)NCc3cc4ccccc4[nH]3)c2)ncn1. The Hall–Kier alpha value is -3.71. The smallest absolute Gasteiger partial charge is 0.251 e. The first-order chi connectivity index (χ1) is 13.7. The zero-order chi connectivity index (χ0) is 19.3. The number of aromatic nitrogens is 3. The molecule has 4 N–H and O–H groups in total. The summed E-state index contributed by atoms with van der Waals surface area (Å²) in [5.74, 6) is 0.709. The minimum atomic E-state index is -0.186. The van der Waals surface area contributed by atoms with E-state index < -0.39 is 0 Å². The number of rotatable bonds is 6. The lowest BCUT2D eigenvalue weighted by molar-refractivity contribution is 0.0950. The molecule has 28 heavy (non-hydrogen) atoms. The highest BCUT2D eigenvalue weighted by atomic mass is 16.5. The molecule has 4 rings (SSSR count). The summed E-state index contributed by atoms with van der Waals surface area (Å²) in [7, 11) is 0. The normalized spacial score (nSPS) is 10.8. The Morgan fingerprint density at radius 3 is 2.82 bits per heavy atom. The number of amides is 1. The highest BCUT2D eigenvalue weighted by Gasteiger charge is 2.09. The number of H-pyrrole nitrogens is 1. The summed E-state index contributed by atoms with van der Waals surface area (Å²) in [4.78, 5) is 23.9. The van der Waals surface area contributed by atoms with Gasteiger partial charge in [0.15, 0.2) is 0 Å². The molecule has 0 fully saturated rings. The summed E-state index contributed by atoms with van der Waals surface area (Å²) in [6.45, 7) is 0.708. The number of fused-ring (bicyclic) bond motifs is 1. The van der Waals surface area contributed by atoms with Crippen molar-refractivity contribution >= 4 is 16.8 Å². The highest BCUT2D eigenvalue weighted by molar-refractivity contribution is 5.94. The lowest BCUT2D eigenvalue weighted by Gasteiger charge is -2.08. The van der Waals surface area contributed by atoms with Gasteiger partial charge in [0, 0.05) is 29.4 Å². The summed E-state index contributed by atoms with van der Waals surface area (Å²) >= 11 is 0. The quantitative estimate of drug-likeness (QED) is 0.481. The minimum absolute atomic E-state index is 0.186. The topological polar surface area (TPSA) is 106 Å². The Labute approximate surface area is 161 Å². The molecule has 0 spiro atoms. The standard InChI is InChI=1S/C21H19N5O2/c22-11-16-10-20(25-13-24-16)28-18-6-3-5-15(9-18)21(27)23-12-17-8-14-4-1-2-7-19(14)26-17/h1-10,13,26H,11-12,22H2,(H,23,27). The van der Waals surface area contributed by atoms with Crippen LogP contribution >= 0.6 is 0 Å². The van der Waals surface area contributed by atoms with Gasteiger partial charge in [-0.05, 0) is 35.7 Å². The second-order valence-corrected chi connectivity index (χ2v) is 6.25. The van der Waals surface area contributed by atoms with Gasteiger partial charge in [-0.1, -0.05) is 24.3 Å². The van der Waals surface area contributed by atoms with Crippen molar-refractivity contribution in [1.29, 1.82) is 0 Å². The molecule has 4 aromatic rings. The summed E-state index contributed by atoms with van der Waals surface area (Å²) in [5.41, 5.74) is 8.75. The zero-order valence-corrected chi connectivity index (χ0v) is 15.1. The lowest BCUT2D eigenvalue weighted by Crippen LogP contribution is -2.22. The molecule has 140 valence electrons. The number of ether oxygens (including phenoxy) is 1. The van der Waals surface area contributed by atoms with Gasteiger partial charge >= 0.3 is 0 Å². The molecular formula is C21H19N5O2. The van der Waals surface area contributed by atoms with Crippen LogP contribution in [0.4, 0.5) is 0 Å². The fraction of sp³-hybridized carbons (Fsp3) is 0.0952. The number of benzene rings is 2. The number of para-hydroxylation sites is 1. The van der Waals surface area contributed by atoms with Gasteiger partial charge in [-0.25, -0.2) is 9.97 Å². The second-order valence-electron chi connectivity index (χ2n) is 6.25. The largest absolute Gasteiger partial charge is 0.439 e. The Morgan fingerprint density at radius 2 is 1.96 bits per heavy atom. The molecule has 2 aromatic carbocycles. The van der Waals surface area contributed by atoms with Crippen LogP contribution < -0.4 is 15.8 Å². The van der Waals surface area contributed by atoms with E-state index in [0.717, 1.165) is 16.6 Å². The van der Waals surface area contributed by atoms with Crippen molar-refractivity contribution in [3.63, 3.8) is 0 Å². The van der Waals surface area contributed by atoms with E-state index in [9.17, 15) is 4.79 Å². The van der Waals surface area contributed by atoms with Crippen LogP contribution in [0.1, 0.15) is 21.7 Å². The molecule has 0 aliphatic carbocycles. The molecule has 0 aliphatic rings. The lowest BCUT2D eigenvalue weighted by atomic mass is 10.2. The van der Waals surface area contributed by atoms with Gasteiger partial charge in [0.2, 0.25) is 5.88 Å². The molecular weight excluding hydrogens is 354 g/mol. The van der Waals surface area contributed by atoms with E-state index in [0.29, 0.717) is 36.0 Å². The minimum Gasteiger partial charge on any atom is -0.439 e. The van der Waals surface area contributed by atoms with Gasteiger partial charge in [-0.15, -0.1) is 0 Å². The van der Waals surface area contributed by atoms with Crippen molar-refractivity contribution in [2.24, 2.45) is 5.73 Å². The summed E-state index contributed by atoms with van der Waals surface area (Å²) in [6.07, 6.45) is 1.40. The molecule has 0 bridgehead atoms. The third kappa shape index (κ3) is 3.99. The van der Waals surface area contributed by atoms with Crippen LogP contribution in [0, 0.1) is 0 Å². The van der Waals surface area contributed by atoms with Crippen LogP contribution in [-0.2, 0) is 13.1 Å². The van der Waals surface area contributed by atoms with Crippen molar-refractivity contribution in [2.45, 2.75) is 13.1 Å². The zero-order valence-electron chi connectivity index (χ0n) is 15.1. The molecule has 0 saturated carbocycles. The monoisotopic (exact) mass is 373 g/mol. The van der Waals surface area contributed by atoms with Crippen LogP contribution in [0.2, 0.25) is 0 Å².